The minimum atomic E-state index is -0.642. The first-order valence-electron chi connectivity index (χ1n) is 10.1. The number of hydrogen-bond donors (Lipinski definition) is 2. The average Bonchev–Trinajstić information content (AvgIpc) is 3.13. The number of benzene rings is 2. The Hall–Kier alpha value is -3.99. The van der Waals surface area contributed by atoms with Gasteiger partial charge in [-0.05, 0) is 44.0 Å². The van der Waals surface area contributed by atoms with E-state index in [1.165, 1.54) is 0 Å². The molecule has 1 aliphatic heterocycles. The fourth-order valence-electron chi connectivity index (χ4n) is 3.87. The number of hydrogen-bond acceptors (Lipinski definition) is 6. The number of anilines is 1. The molecule has 0 saturated carbocycles. The number of piperidine rings is 1. The van der Waals surface area contributed by atoms with E-state index in [2.05, 4.69) is 11.3 Å². The Labute approximate surface area is 180 Å². The van der Waals surface area contributed by atoms with Crippen molar-refractivity contribution in [2.75, 3.05) is 18.8 Å². The summed E-state index contributed by atoms with van der Waals surface area (Å²) in [6.45, 7) is 3.22. The predicted octanol–water partition coefficient (Wildman–Crippen LogP) is 3.45. The van der Waals surface area contributed by atoms with Crippen LogP contribution in [0.3, 0.4) is 0 Å². The van der Waals surface area contributed by atoms with Crippen LogP contribution in [0.4, 0.5) is 5.82 Å². The van der Waals surface area contributed by atoms with Crippen molar-refractivity contribution in [3.8, 4) is 28.9 Å². The molecule has 3 aromatic rings. The molecular weight excluding hydrogens is 392 g/mol. The van der Waals surface area contributed by atoms with Gasteiger partial charge in [-0.3, -0.25) is 4.79 Å². The molecule has 0 aliphatic carbocycles. The summed E-state index contributed by atoms with van der Waals surface area (Å²) in [7, 11) is 0. The Morgan fingerprint density at radius 3 is 2.71 bits per heavy atom. The molecule has 4 rings (SSSR count). The number of carbonyl (C=O) groups excluding carboxylic acids is 1. The first-order chi connectivity index (χ1) is 15.0. The summed E-state index contributed by atoms with van der Waals surface area (Å²) >= 11 is 0. The van der Waals surface area contributed by atoms with Gasteiger partial charge in [-0.15, -0.1) is 0 Å². The summed E-state index contributed by atoms with van der Waals surface area (Å²) in [5.74, 6) is 0.897. The minimum Gasteiger partial charge on any atom is -0.457 e. The van der Waals surface area contributed by atoms with E-state index >= 15 is 0 Å². The molecule has 1 aliphatic rings. The molecule has 1 saturated heterocycles. The second kappa shape index (κ2) is 8.40. The van der Waals surface area contributed by atoms with Crippen LogP contribution in [-0.4, -0.2) is 33.7 Å². The molecular formula is C23H24N6O2. The molecule has 0 spiro atoms. The fraction of sp³-hybridized carbons (Fsp3) is 0.261. The zero-order valence-corrected chi connectivity index (χ0v) is 17.3. The van der Waals surface area contributed by atoms with Crippen molar-refractivity contribution in [2.24, 2.45) is 5.73 Å². The second-order valence-electron chi connectivity index (χ2n) is 7.70. The Morgan fingerprint density at radius 1 is 1.23 bits per heavy atom. The van der Waals surface area contributed by atoms with Gasteiger partial charge in [0, 0.05) is 12.1 Å². The molecule has 8 nitrogen and oxygen atoms in total. The standard InChI is InChI=1S/C23H24N6O2/c1-15-7-9-18(10-8-15)31-19-6-2-4-16(12-19)21-20(23(26)30)22(25)29(27-21)17-5-3-11-28(13-17)14-24/h2,4,6-10,12,17H,3,5,11,13,25H2,1H3,(H2,26,30). The molecule has 1 fully saturated rings. The summed E-state index contributed by atoms with van der Waals surface area (Å²) in [5.41, 5.74) is 14.4. The zero-order valence-electron chi connectivity index (χ0n) is 17.3. The third-order valence-electron chi connectivity index (χ3n) is 5.44. The molecule has 31 heavy (non-hydrogen) atoms. The van der Waals surface area contributed by atoms with Crippen molar-refractivity contribution in [3.05, 3.63) is 59.7 Å². The number of nitriles is 1. The summed E-state index contributed by atoms with van der Waals surface area (Å²) in [4.78, 5) is 13.9. The van der Waals surface area contributed by atoms with Gasteiger partial charge >= 0.3 is 0 Å². The van der Waals surface area contributed by atoms with Crippen molar-refractivity contribution >= 4 is 11.7 Å². The van der Waals surface area contributed by atoms with E-state index in [9.17, 15) is 10.1 Å². The van der Waals surface area contributed by atoms with Crippen molar-refractivity contribution in [1.29, 1.82) is 5.26 Å². The highest BCUT2D eigenvalue weighted by atomic mass is 16.5. The monoisotopic (exact) mass is 416 g/mol. The normalized spacial score (nSPS) is 16.0. The average molecular weight is 416 g/mol. The maximum Gasteiger partial charge on any atom is 0.254 e. The maximum atomic E-state index is 12.2. The van der Waals surface area contributed by atoms with Gasteiger partial charge in [0.15, 0.2) is 6.19 Å². The summed E-state index contributed by atoms with van der Waals surface area (Å²) in [5, 5.41) is 13.9. The van der Waals surface area contributed by atoms with E-state index < -0.39 is 5.91 Å². The van der Waals surface area contributed by atoms with E-state index in [1.807, 2.05) is 49.4 Å². The molecule has 1 atom stereocenters. The number of nitrogen functional groups attached to an aromatic ring is 1. The number of primary amides is 1. The SMILES string of the molecule is Cc1ccc(Oc2cccc(-c3nn(C4CCCN(C#N)C4)c(N)c3C(N)=O)c2)cc1. The zero-order chi connectivity index (χ0) is 22.0. The van der Waals surface area contributed by atoms with Gasteiger partial charge in [0.1, 0.15) is 28.6 Å². The van der Waals surface area contributed by atoms with Gasteiger partial charge in [0.2, 0.25) is 0 Å². The Morgan fingerprint density at radius 2 is 2.00 bits per heavy atom. The van der Waals surface area contributed by atoms with Crippen LogP contribution in [0, 0.1) is 18.4 Å². The van der Waals surface area contributed by atoms with Crippen molar-refractivity contribution in [3.63, 3.8) is 0 Å². The third kappa shape index (κ3) is 4.16. The molecule has 8 heteroatoms. The topological polar surface area (TPSA) is 123 Å². The second-order valence-corrected chi connectivity index (χ2v) is 7.70. The highest BCUT2D eigenvalue weighted by molar-refractivity contribution is 6.03. The lowest BCUT2D eigenvalue weighted by Crippen LogP contribution is -2.34. The van der Waals surface area contributed by atoms with E-state index in [1.54, 1.807) is 15.6 Å². The number of nitrogens with zero attached hydrogens (tertiary/aromatic N) is 4. The first-order valence-corrected chi connectivity index (χ1v) is 10.1. The van der Waals surface area contributed by atoms with Crippen LogP contribution >= 0.6 is 0 Å². The Bertz CT molecular complexity index is 1150. The largest absolute Gasteiger partial charge is 0.457 e. The number of aromatic nitrogens is 2. The first kappa shape index (κ1) is 20.3. The lowest BCUT2D eigenvalue weighted by molar-refractivity contribution is 0.100. The quantitative estimate of drug-likeness (QED) is 0.614. The Balaban J connectivity index is 1.70. The lowest BCUT2D eigenvalue weighted by Gasteiger charge is -2.29. The number of rotatable bonds is 5. The molecule has 0 radical (unpaired) electrons. The number of ether oxygens (including phenoxy) is 1. The van der Waals surface area contributed by atoms with Gasteiger partial charge in [-0.1, -0.05) is 29.8 Å². The van der Waals surface area contributed by atoms with Gasteiger partial charge in [0.05, 0.1) is 12.6 Å². The van der Waals surface area contributed by atoms with Crippen molar-refractivity contribution in [1.82, 2.24) is 14.7 Å². The summed E-state index contributed by atoms with van der Waals surface area (Å²) in [6, 6.07) is 14.9. The fourth-order valence-corrected chi connectivity index (χ4v) is 3.87. The molecule has 158 valence electrons. The molecule has 0 bridgehead atoms. The van der Waals surface area contributed by atoms with Gasteiger partial charge < -0.3 is 21.1 Å². The highest BCUT2D eigenvalue weighted by Crippen LogP contribution is 2.34. The van der Waals surface area contributed by atoms with Gasteiger partial charge in [0.25, 0.3) is 5.91 Å². The molecule has 4 N–H and O–H groups in total. The Kier molecular flexibility index (Phi) is 5.50. The van der Waals surface area contributed by atoms with E-state index in [0.717, 1.165) is 18.4 Å². The minimum absolute atomic E-state index is 0.104. The number of carbonyl (C=O) groups is 1. The summed E-state index contributed by atoms with van der Waals surface area (Å²) in [6.07, 6.45) is 3.84. The number of aryl methyl sites for hydroxylation is 1. The van der Waals surface area contributed by atoms with Crippen LogP contribution in [-0.2, 0) is 0 Å². The predicted molar refractivity (Wildman–Crippen MR) is 117 cm³/mol. The third-order valence-corrected chi connectivity index (χ3v) is 5.44. The highest BCUT2D eigenvalue weighted by Gasteiger charge is 2.28. The van der Waals surface area contributed by atoms with E-state index in [-0.39, 0.29) is 17.4 Å². The van der Waals surface area contributed by atoms with Crippen LogP contribution < -0.4 is 16.2 Å². The van der Waals surface area contributed by atoms with E-state index in [0.29, 0.717) is 35.8 Å². The van der Waals surface area contributed by atoms with Crippen molar-refractivity contribution in [2.45, 2.75) is 25.8 Å². The maximum absolute atomic E-state index is 12.2. The molecule has 1 aromatic heterocycles. The van der Waals surface area contributed by atoms with Crippen LogP contribution in [0.25, 0.3) is 11.3 Å². The van der Waals surface area contributed by atoms with Crippen LogP contribution in [0.1, 0.15) is 34.8 Å². The van der Waals surface area contributed by atoms with E-state index in [4.69, 9.17) is 16.2 Å². The lowest BCUT2D eigenvalue weighted by atomic mass is 10.1. The van der Waals surface area contributed by atoms with Crippen LogP contribution in [0.5, 0.6) is 11.5 Å². The van der Waals surface area contributed by atoms with Gasteiger partial charge in [-0.25, -0.2) is 4.68 Å². The number of likely N-dealkylation sites (tertiary alicyclic amines) is 1. The van der Waals surface area contributed by atoms with Crippen molar-refractivity contribution < 1.29 is 9.53 Å². The summed E-state index contributed by atoms with van der Waals surface area (Å²) < 4.78 is 7.58. The molecule has 1 unspecified atom stereocenters. The van der Waals surface area contributed by atoms with Crippen LogP contribution in [0.2, 0.25) is 0 Å². The van der Waals surface area contributed by atoms with Gasteiger partial charge in [-0.2, -0.15) is 10.4 Å². The smallest absolute Gasteiger partial charge is 0.254 e. The molecule has 2 heterocycles. The number of amides is 1. The van der Waals surface area contributed by atoms with Crippen LogP contribution in [0.15, 0.2) is 48.5 Å². The molecule has 1 amide bonds. The molecule has 2 aromatic carbocycles. The number of nitrogens with two attached hydrogens (primary N) is 2.